The van der Waals surface area contributed by atoms with Gasteiger partial charge in [0.2, 0.25) is 0 Å². The molecule has 0 aliphatic heterocycles. The van der Waals surface area contributed by atoms with Crippen molar-refractivity contribution in [1.82, 2.24) is 5.32 Å². The highest BCUT2D eigenvalue weighted by atomic mass is 32.2. The standard InChI is InChI=1S/C30H34N4O7S/c1-17(30(2,3)4)33-27(35)19-9-13-23(25(15-19)29(37)41-42(6,38)39)22-14-12-21(40-5)16-24(22)28(36)34-20-10-7-18(8-11-20)26(31)32/h7-17H,1-6H3,(H3,31,32)(H,33,35)(H,34,36). The summed E-state index contributed by atoms with van der Waals surface area (Å²) < 4.78 is 33.7. The van der Waals surface area contributed by atoms with Crippen LogP contribution in [0.3, 0.4) is 0 Å². The topological polar surface area (TPSA) is 178 Å². The highest BCUT2D eigenvalue weighted by Gasteiger charge is 2.26. The molecule has 11 nitrogen and oxygen atoms in total. The van der Waals surface area contributed by atoms with Crippen molar-refractivity contribution in [1.29, 1.82) is 5.41 Å². The summed E-state index contributed by atoms with van der Waals surface area (Å²) in [6, 6.07) is 14.8. The second-order valence-electron chi connectivity index (χ2n) is 10.8. The quantitative estimate of drug-likeness (QED) is 0.162. The van der Waals surface area contributed by atoms with Gasteiger partial charge in [-0.2, -0.15) is 8.42 Å². The number of carbonyl (C=O) groups is 3. The molecule has 0 aliphatic rings. The summed E-state index contributed by atoms with van der Waals surface area (Å²) in [5, 5.41) is 13.2. The maximum absolute atomic E-state index is 13.5. The first-order valence-electron chi connectivity index (χ1n) is 12.8. The van der Waals surface area contributed by atoms with Crippen molar-refractivity contribution in [3.05, 3.63) is 82.9 Å². The van der Waals surface area contributed by atoms with Crippen molar-refractivity contribution < 1.29 is 31.7 Å². The molecule has 222 valence electrons. The molecule has 2 amide bonds. The number of amides is 2. The molecule has 5 N–H and O–H groups in total. The number of rotatable bonds is 9. The molecule has 0 bridgehead atoms. The lowest BCUT2D eigenvalue weighted by Crippen LogP contribution is -2.41. The van der Waals surface area contributed by atoms with Crippen molar-refractivity contribution >= 4 is 39.4 Å². The van der Waals surface area contributed by atoms with E-state index in [0.29, 0.717) is 17.0 Å². The summed E-state index contributed by atoms with van der Waals surface area (Å²) in [6.07, 6.45) is 0.732. The number of nitrogens with one attached hydrogen (secondary N) is 3. The van der Waals surface area contributed by atoms with Gasteiger partial charge in [-0.25, -0.2) is 4.79 Å². The number of hydrogen-bond donors (Lipinski definition) is 4. The molecule has 0 radical (unpaired) electrons. The number of ether oxygens (including phenoxy) is 1. The highest BCUT2D eigenvalue weighted by Crippen LogP contribution is 2.32. The van der Waals surface area contributed by atoms with Crippen molar-refractivity contribution in [2.24, 2.45) is 11.1 Å². The molecule has 0 saturated heterocycles. The molecule has 0 aliphatic carbocycles. The lowest BCUT2D eigenvalue weighted by molar-refractivity contribution is 0.0748. The van der Waals surface area contributed by atoms with E-state index in [-0.39, 0.29) is 45.1 Å². The van der Waals surface area contributed by atoms with Gasteiger partial charge in [0.25, 0.3) is 11.8 Å². The molecular weight excluding hydrogens is 560 g/mol. The average molecular weight is 595 g/mol. The SMILES string of the molecule is COc1ccc(-c2ccc(C(=O)NC(C)C(C)(C)C)cc2C(=O)OS(C)(=O)=O)c(C(=O)Nc2ccc(C(=N)N)cc2)c1. The molecular formula is C30H34N4O7S. The fourth-order valence-corrected chi connectivity index (χ4v) is 4.14. The number of benzene rings is 3. The van der Waals surface area contributed by atoms with Crippen LogP contribution in [0, 0.1) is 10.8 Å². The molecule has 3 aromatic rings. The van der Waals surface area contributed by atoms with Crippen molar-refractivity contribution in [2.45, 2.75) is 33.7 Å². The molecule has 12 heteroatoms. The van der Waals surface area contributed by atoms with Crippen molar-refractivity contribution in [3.8, 4) is 16.9 Å². The first-order valence-corrected chi connectivity index (χ1v) is 14.6. The fraction of sp³-hybridized carbons (Fsp3) is 0.267. The molecule has 0 aromatic heterocycles. The van der Waals surface area contributed by atoms with Gasteiger partial charge >= 0.3 is 16.1 Å². The Hall–Kier alpha value is -4.71. The zero-order chi connectivity index (χ0) is 31.4. The number of anilines is 1. The van der Waals surface area contributed by atoms with E-state index >= 15 is 0 Å². The molecule has 1 unspecified atom stereocenters. The monoisotopic (exact) mass is 594 g/mol. The van der Waals surface area contributed by atoms with E-state index in [1.54, 1.807) is 36.4 Å². The Balaban J connectivity index is 2.13. The second-order valence-corrected chi connectivity index (χ2v) is 12.3. The van der Waals surface area contributed by atoms with Crippen LogP contribution in [0.2, 0.25) is 0 Å². The van der Waals surface area contributed by atoms with E-state index in [0.717, 1.165) is 6.26 Å². The largest absolute Gasteiger partial charge is 0.497 e. The van der Waals surface area contributed by atoms with Crippen molar-refractivity contribution in [2.75, 3.05) is 18.7 Å². The normalized spacial score (nSPS) is 12.1. The first-order chi connectivity index (χ1) is 19.5. The minimum Gasteiger partial charge on any atom is -0.497 e. The van der Waals surface area contributed by atoms with Crippen LogP contribution >= 0.6 is 0 Å². The first kappa shape index (κ1) is 31.8. The number of nitrogen functional groups attached to an aromatic ring is 1. The molecule has 0 fully saturated rings. The van der Waals surface area contributed by atoms with E-state index in [1.807, 2.05) is 27.7 Å². The van der Waals surface area contributed by atoms with Gasteiger partial charge in [0.05, 0.1) is 24.5 Å². The van der Waals surface area contributed by atoms with Crippen LogP contribution in [0.15, 0.2) is 60.7 Å². The summed E-state index contributed by atoms with van der Waals surface area (Å²) in [6.45, 7) is 7.73. The van der Waals surface area contributed by atoms with E-state index in [9.17, 15) is 22.8 Å². The van der Waals surface area contributed by atoms with Crippen LogP contribution in [0.4, 0.5) is 5.69 Å². The zero-order valence-corrected chi connectivity index (χ0v) is 25.0. The van der Waals surface area contributed by atoms with E-state index in [4.69, 9.17) is 15.9 Å². The lowest BCUT2D eigenvalue weighted by Gasteiger charge is -2.28. The van der Waals surface area contributed by atoms with E-state index < -0.39 is 27.9 Å². The van der Waals surface area contributed by atoms with Gasteiger partial charge in [0.1, 0.15) is 11.6 Å². The smallest absolute Gasteiger partial charge is 0.354 e. The molecule has 0 saturated carbocycles. The van der Waals surface area contributed by atoms with Crippen LogP contribution < -0.4 is 21.1 Å². The summed E-state index contributed by atoms with van der Waals surface area (Å²) in [5.41, 5.74) is 6.51. The number of methoxy groups -OCH3 is 1. The summed E-state index contributed by atoms with van der Waals surface area (Å²) >= 11 is 0. The number of amidine groups is 1. The van der Waals surface area contributed by atoms with E-state index in [2.05, 4.69) is 14.8 Å². The second kappa shape index (κ2) is 12.4. The maximum Gasteiger partial charge on any atom is 0.354 e. The van der Waals surface area contributed by atoms with Crippen LogP contribution in [-0.2, 0) is 14.3 Å². The minimum absolute atomic E-state index is 0.0944. The fourth-order valence-electron chi connectivity index (χ4n) is 3.77. The molecule has 1 atom stereocenters. The Bertz CT molecular complexity index is 1640. The third kappa shape index (κ3) is 7.94. The Morgan fingerprint density at radius 2 is 1.45 bits per heavy atom. The Labute approximate surface area is 245 Å². The van der Waals surface area contributed by atoms with Gasteiger partial charge in [-0.05, 0) is 78.1 Å². The third-order valence-electron chi connectivity index (χ3n) is 6.59. The summed E-state index contributed by atoms with van der Waals surface area (Å²) in [5.74, 6) is -2.03. The molecule has 0 heterocycles. The molecule has 3 rings (SSSR count). The van der Waals surface area contributed by atoms with Crippen LogP contribution in [0.25, 0.3) is 11.1 Å². The highest BCUT2D eigenvalue weighted by molar-refractivity contribution is 7.86. The Morgan fingerprint density at radius 3 is 2.00 bits per heavy atom. The predicted octanol–water partition coefficient (Wildman–Crippen LogP) is 4.18. The summed E-state index contributed by atoms with van der Waals surface area (Å²) in [7, 11) is -2.77. The van der Waals surface area contributed by atoms with E-state index in [1.165, 1.54) is 31.4 Å². The molecule has 0 spiro atoms. The van der Waals surface area contributed by atoms with Crippen LogP contribution in [-0.4, -0.2) is 51.4 Å². The number of carbonyl (C=O) groups excluding carboxylic acids is 3. The molecule has 3 aromatic carbocycles. The average Bonchev–Trinajstić information content (AvgIpc) is 2.91. The molecule has 42 heavy (non-hydrogen) atoms. The van der Waals surface area contributed by atoms with Gasteiger partial charge in [-0.3, -0.25) is 15.0 Å². The Kier molecular flexibility index (Phi) is 9.42. The maximum atomic E-state index is 13.5. The van der Waals surface area contributed by atoms with Gasteiger partial charge in [0.15, 0.2) is 0 Å². The summed E-state index contributed by atoms with van der Waals surface area (Å²) in [4.78, 5) is 39.6. The third-order valence-corrected chi connectivity index (χ3v) is 7.04. The van der Waals surface area contributed by atoms with Gasteiger partial charge < -0.3 is 25.3 Å². The number of hydrogen-bond acceptors (Lipinski definition) is 8. The van der Waals surface area contributed by atoms with Gasteiger partial charge in [-0.1, -0.05) is 26.8 Å². The van der Waals surface area contributed by atoms with Crippen molar-refractivity contribution in [3.63, 3.8) is 0 Å². The minimum atomic E-state index is -4.20. The van der Waals surface area contributed by atoms with Crippen LogP contribution in [0.5, 0.6) is 5.75 Å². The Morgan fingerprint density at radius 1 is 0.881 bits per heavy atom. The van der Waals surface area contributed by atoms with Crippen LogP contribution in [0.1, 0.15) is 64.3 Å². The zero-order valence-electron chi connectivity index (χ0n) is 24.2. The lowest BCUT2D eigenvalue weighted by atomic mass is 9.87. The van der Waals surface area contributed by atoms with Gasteiger partial charge in [-0.15, -0.1) is 0 Å². The van der Waals surface area contributed by atoms with Gasteiger partial charge in [0, 0.05) is 22.9 Å². The predicted molar refractivity (Wildman–Crippen MR) is 160 cm³/mol. The number of nitrogens with two attached hydrogens (primary N) is 1.